The van der Waals surface area contributed by atoms with Crippen molar-refractivity contribution in [1.29, 1.82) is 0 Å². The van der Waals surface area contributed by atoms with Crippen LogP contribution in [-0.4, -0.2) is 31.1 Å². The van der Waals surface area contributed by atoms with Crippen LogP contribution in [0.1, 0.15) is 11.6 Å². The summed E-state index contributed by atoms with van der Waals surface area (Å²) in [6, 6.07) is 9.99. The molecule has 3 rings (SSSR count). The van der Waals surface area contributed by atoms with Crippen LogP contribution in [0.3, 0.4) is 0 Å². The maximum Gasteiger partial charge on any atom is 0.360 e. The van der Waals surface area contributed by atoms with Gasteiger partial charge in [-0.25, -0.2) is 9.59 Å². The van der Waals surface area contributed by atoms with Crippen molar-refractivity contribution in [3.05, 3.63) is 58.1 Å². The molecule has 0 unspecified atom stereocenters. The minimum atomic E-state index is -0.913. The number of hydroxylamine groups is 1. The number of benzene rings is 2. The number of rotatable bonds is 3. The third kappa shape index (κ3) is 3.23. The van der Waals surface area contributed by atoms with Crippen LogP contribution in [0.25, 0.3) is 0 Å². The third-order valence-electron chi connectivity index (χ3n) is 3.81. The van der Waals surface area contributed by atoms with Crippen LogP contribution < -0.4 is 9.80 Å². The zero-order valence-corrected chi connectivity index (χ0v) is 14.9. The molecule has 25 heavy (non-hydrogen) atoms. The van der Waals surface area contributed by atoms with Gasteiger partial charge in [-0.2, -0.15) is 0 Å². The van der Waals surface area contributed by atoms with Gasteiger partial charge in [0.05, 0.1) is 22.8 Å². The SMILES string of the molecule is COc1cccc(N2OC(=O)[C@H](c3ccc(Cl)c(Cl)c3)N(C)C2=O)c1. The van der Waals surface area contributed by atoms with Crippen molar-refractivity contribution in [2.45, 2.75) is 6.04 Å². The lowest BCUT2D eigenvalue weighted by molar-refractivity contribution is -0.153. The summed E-state index contributed by atoms with van der Waals surface area (Å²) in [5.41, 5.74) is 0.901. The van der Waals surface area contributed by atoms with Gasteiger partial charge in [-0.15, -0.1) is 5.06 Å². The van der Waals surface area contributed by atoms with E-state index in [-0.39, 0.29) is 0 Å². The molecule has 6 nitrogen and oxygen atoms in total. The molecule has 0 spiro atoms. The van der Waals surface area contributed by atoms with Gasteiger partial charge in [0.1, 0.15) is 5.75 Å². The Morgan fingerprint density at radius 3 is 2.52 bits per heavy atom. The fourth-order valence-corrected chi connectivity index (χ4v) is 2.84. The molecule has 130 valence electrons. The van der Waals surface area contributed by atoms with E-state index in [1.54, 1.807) is 42.5 Å². The number of amides is 2. The molecule has 1 atom stereocenters. The number of carbonyl (C=O) groups is 2. The predicted molar refractivity (Wildman–Crippen MR) is 93.9 cm³/mol. The molecule has 1 aliphatic rings. The summed E-state index contributed by atoms with van der Waals surface area (Å²) < 4.78 is 5.13. The first kappa shape index (κ1) is 17.4. The molecule has 0 N–H and O–H groups in total. The van der Waals surface area contributed by atoms with Gasteiger partial charge in [-0.1, -0.05) is 35.3 Å². The van der Waals surface area contributed by atoms with Crippen LogP contribution in [0.5, 0.6) is 5.75 Å². The monoisotopic (exact) mass is 380 g/mol. The number of carbonyl (C=O) groups excluding carboxylic acids is 2. The average molecular weight is 381 g/mol. The maximum absolute atomic E-state index is 12.7. The summed E-state index contributed by atoms with van der Waals surface area (Å²) in [6.45, 7) is 0. The van der Waals surface area contributed by atoms with Crippen molar-refractivity contribution in [2.75, 3.05) is 19.2 Å². The second kappa shape index (κ2) is 6.82. The molecule has 0 radical (unpaired) electrons. The number of urea groups is 1. The van der Waals surface area contributed by atoms with Crippen molar-refractivity contribution in [1.82, 2.24) is 4.90 Å². The Kier molecular flexibility index (Phi) is 4.74. The lowest BCUT2D eigenvalue weighted by Gasteiger charge is -2.37. The maximum atomic E-state index is 12.7. The minimum Gasteiger partial charge on any atom is -0.497 e. The van der Waals surface area contributed by atoms with E-state index in [0.29, 0.717) is 27.0 Å². The van der Waals surface area contributed by atoms with E-state index in [9.17, 15) is 9.59 Å². The molecular weight excluding hydrogens is 367 g/mol. The molecule has 0 saturated carbocycles. The normalized spacial score (nSPS) is 17.5. The Morgan fingerprint density at radius 1 is 1.08 bits per heavy atom. The van der Waals surface area contributed by atoms with Gasteiger partial charge in [0.15, 0.2) is 6.04 Å². The van der Waals surface area contributed by atoms with Gasteiger partial charge in [0.25, 0.3) is 0 Å². The van der Waals surface area contributed by atoms with Gasteiger partial charge < -0.3 is 14.5 Å². The van der Waals surface area contributed by atoms with Crippen LogP contribution in [0.4, 0.5) is 10.5 Å². The number of methoxy groups -OCH3 is 1. The molecule has 1 heterocycles. The van der Waals surface area contributed by atoms with Crippen LogP contribution in [-0.2, 0) is 9.63 Å². The van der Waals surface area contributed by atoms with E-state index in [1.807, 2.05) is 0 Å². The summed E-state index contributed by atoms with van der Waals surface area (Å²) >= 11 is 11.9. The lowest BCUT2D eigenvalue weighted by Crippen LogP contribution is -2.52. The van der Waals surface area contributed by atoms with Gasteiger partial charge in [-0.3, -0.25) is 0 Å². The molecule has 2 amide bonds. The fraction of sp³-hybridized carbons (Fsp3) is 0.176. The highest BCUT2D eigenvalue weighted by Gasteiger charge is 2.41. The van der Waals surface area contributed by atoms with Gasteiger partial charge in [0.2, 0.25) is 0 Å². The topological polar surface area (TPSA) is 59.1 Å². The zero-order chi connectivity index (χ0) is 18.1. The summed E-state index contributed by atoms with van der Waals surface area (Å²) in [4.78, 5) is 31.7. The molecule has 1 aliphatic heterocycles. The molecule has 2 aromatic rings. The van der Waals surface area contributed by atoms with Crippen LogP contribution in [0.2, 0.25) is 10.0 Å². The number of halogens is 2. The third-order valence-corrected chi connectivity index (χ3v) is 4.55. The Bertz CT molecular complexity index is 843. The Balaban J connectivity index is 1.92. The standard InChI is InChI=1S/C17H14Cl2N2O4/c1-20-15(10-6-7-13(18)14(19)8-10)16(22)25-21(17(20)23)11-4-3-5-12(9-11)24-2/h3-9,15H,1-2H3/t15-/m0/s1. The quantitative estimate of drug-likeness (QED) is 0.804. The lowest BCUT2D eigenvalue weighted by atomic mass is 10.1. The van der Waals surface area contributed by atoms with Crippen LogP contribution in [0.15, 0.2) is 42.5 Å². The highest BCUT2D eigenvalue weighted by atomic mass is 35.5. The number of hydrogen-bond acceptors (Lipinski definition) is 4. The number of nitrogens with zero attached hydrogens (tertiary/aromatic N) is 2. The van der Waals surface area contributed by atoms with Crippen molar-refractivity contribution < 1.29 is 19.2 Å². The van der Waals surface area contributed by atoms with E-state index >= 15 is 0 Å². The molecule has 8 heteroatoms. The average Bonchev–Trinajstić information content (AvgIpc) is 2.61. The Hall–Kier alpha value is -2.44. The summed E-state index contributed by atoms with van der Waals surface area (Å²) in [5.74, 6) is -0.0704. The van der Waals surface area contributed by atoms with E-state index in [2.05, 4.69) is 0 Å². The second-order valence-electron chi connectivity index (χ2n) is 5.38. The predicted octanol–water partition coefficient (Wildman–Crippen LogP) is 4.07. The minimum absolute atomic E-state index is 0.294. The highest BCUT2D eigenvalue weighted by Crippen LogP contribution is 2.33. The smallest absolute Gasteiger partial charge is 0.360 e. The van der Waals surface area contributed by atoms with Gasteiger partial charge in [0, 0.05) is 13.1 Å². The van der Waals surface area contributed by atoms with Crippen LogP contribution >= 0.6 is 23.2 Å². The number of hydrogen-bond donors (Lipinski definition) is 0. The molecule has 2 aromatic carbocycles. The molecule has 1 fully saturated rings. The fourth-order valence-electron chi connectivity index (χ4n) is 2.53. The van der Waals surface area contributed by atoms with Crippen molar-refractivity contribution >= 4 is 40.9 Å². The first-order valence-electron chi connectivity index (χ1n) is 7.30. The summed E-state index contributed by atoms with van der Waals surface area (Å²) in [5, 5.41) is 1.59. The molecule has 1 saturated heterocycles. The first-order chi connectivity index (χ1) is 11.9. The van der Waals surface area contributed by atoms with Crippen molar-refractivity contribution in [2.24, 2.45) is 0 Å². The van der Waals surface area contributed by atoms with Gasteiger partial charge >= 0.3 is 12.0 Å². The molecule has 0 aromatic heterocycles. The number of likely N-dealkylation sites (N-methyl/N-ethyl adjacent to an activating group) is 1. The van der Waals surface area contributed by atoms with E-state index in [0.717, 1.165) is 5.06 Å². The molecule has 0 aliphatic carbocycles. The first-order valence-corrected chi connectivity index (χ1v) is 8.05. The van der Waals surface area contributed by atoms with Gasteiger partial charge in [-0.05, 0) is 29.8 Å². The largest absolute Gasteiger partial charge is 0.497 e. The molecule has 0 bridgehead atoms. The summed E-state index contributed by atoms with van der Waals surface area (Å²) in [7, 11) is 3.03. The number of anilines is 1. The summed E-state index contributed by atoms with van der Waals surface area (Å²) in [6.07, 6.45) is 0. The van der Waals surface area contributed by atoms with Crippen molar-refractivity contribution in [3.8, 4) is 5.75 Å². The van der Waals surface area contributed by atoms with Crippen molar-refractivity contribution in [3.63, 3.8) is 0 Å². The van der Waals surface area contributed by atoms with E-state index in [1.165, 1.54) is 19.1 Å². The Morgan fingerprint density at radius 2 is 1.84 bits per heavy atom. The van der Waals surface area contributed by atoms with Crippen LogP contribution in [0, 0.1) is 0 Å². The van der Waals surface area contributed by atoms with E-state index < -0.39 is 18.0 Å². The second-order valence-corrected chi connectivity index (χ2v) is 6.19. The highest BCUT2D eigenvalue weighted by molar-refractivity contribution is 6.42. The zero-order valence-electron chi connectivity index (χ0n) is 13.4. The number of ether oxygens (including phenoxy) is 1. The van der Waals surface area contributed by atoms with E-state index in [4.69, 9.17) is 32.8 Å². The Labute approximate surface area is 154 Å². The molecular formula is C17H14Cl2N2O4.